The number of aromatic nitrogens is 2. The van der Waals surface area contributed by atoms with E-state index in [0.717, 1.165) is 16.4 Å². The predicted molar refractivity (Wildman–Crippen MR) is 86.7 cm³/mol. The van der Waals surface area contributed by atoms with Crippen molar-refractivity contribution in [1.82, 2.24) is 10.2 Å². The van der Waals surface area contributed by atoms with Crippen LogP contribution in [0.5, 0.6) is 5.75 Å². The van der Waals surface area contributed by atoms with Crippen LogP contribution in [0.25, 0.3) is 0 Å². The highest BCUT2D eigenvalue weighted by atomic mass is 32.1. The number of carbonyl (C=O) groups is 2. The van der Waals surface area contributed by atoms with E-state index < -0.39 is 5.92 Å². The lowest BCUT2D eigenvalue weighted by Gasteiger charge is -2.16. The van der Waals surface area contributed by atoms with Crippen LogP contribution in [0.3, 0.4) is 0 Å². The second-order valence-electron chi connectivity index (χ2n) is 5.22. The van der Waals surface area contributed by atoms with Crippen molar-refractivity contribution < 1.29 is 14.3 Å². The largest absolute Gasteiger partial charge is 0.497 e. The average Bonchev–Trinajstić information content (AvgIpc) is 3.13. The van der Waals surface area contributed by atoms with Crippen molar-refractivity contribution in [3.8, 4) is 5.75 Å². The number of amides is 2. The molecular weight excluding hydrogens is 316 g/mol. The summed E-state index contributed by atoms with van der Waals surface area (Å²) in [4.78, 5) is 26.1. The molecule has 0 saturated carbocycles. The molecule has 2 amide bonds. The average molecular weight is 332 g/mol. The lowest BCUT2D eigenvalue weighted by atomic mass is 10.1. The fourth-order valence-electron chi connectivity index (χ4n) is 2.45. The Balaban J connectivity index is 1.67. The second kappa shape index (κ2) is 6.33. The number of aryl methyl sites for hydroxylation is 1. The lowest BCUT2D eigenvalue weighted by molar-refractivity contribution is -0.122. The zero-order chi connectivity index (χ0) is 16.4. The Morgan fingerprint density at radius 2 is 2.09 bits per heavy atom. The number of nitrogens with one attached hydrogen (secondary N) is 1. The van der Waals surface area contributed by atoms with Crippen LogP contribution in [0.15, 0.2) is 24.3 Å². The van der Waals surface area contributed by atoms with Gasteiger partial charge in [0.05, 0.1) is 13.0 Å². The van der Waals surface area contributed by atoms with Crippen LogP contribution in [-0.4, -0.2) is 35.7 Å². The highest BCUT2D eigenvalue weighted by molar-refractivity contribution is 7.15. The quantitative estimate of drug-likeness (QED) is 0.923. The topological polar surface area (TPSA) is 84.4 Å². The molecule has 1 aliphatic heterocycles. The normalized spacial score (nSPS) is 17.4. The van der Waals surface area contributed by atoms with Crippen molar-refractivity contribution in [2.75, 3.05) is 23.9 Å². The summed E-state index contributed by atoms with van der Waals surface area (Å²) in [5, 5.41) is 11.7. The zero-order valence-corrected chi connectivity index (χ0v) is 13.6. The van der Waals surface area contributed by atoms with Gasteiger partial charge in [0.15, 0.2) is 0 Å². The van der Waals surface area contributed by atoms with E-state index in [1.54, 1.807) is 24.1 Å². The highest BCUT2D eigenvalue weighted by Gasteiger charge is 2.35. The molecule has 0 unspecified atom stereocenters. The lowest BCUT2D eigenvalue weighted by Crippen LogP contribution is -2.28. The number of rotatable bonds is 4. The molecule has 23 heavy (non-hydrogen) atoms. The minimum atomic E-state index is -0.395. The number of carbonyl (C=O) groups excluding carboxylic acids is 2. The first kappa shape index (κ1) is 15.4. The standard InChI is InChI=1S/C15H16N4O3S/c1-9-17-18-15(23-9)16-14(21)10-7-13(20)19(8-10)11-3-5-12(22-2)6-4-11/h3-6,10H,7-8H2,1-2H3,(H,16,18,21)/t10-/m0/s1. The van der Waals surface area contributed by atoms with Gasteiger partial charge in [-0.25, -0.2) is 0 Å². The first-order valence-corrected chi connectivity index (χ1v) is 7.94. The molecule has 1 N–H and O–H groups in total. The minimum Gasteiger partial charge on any atom is -0.497 e. The fraction of sp³-hybridized carbons (Fsp3) is 0.333. The molecule has 0 bridgehead atoms. The Kier molecular flexibility index (Phi) is 4.24. The van der Waals surface area contributed by atoms with E-state index in [2.05, 4.69) is 15.5 Å². The van der Waals surface area contributed by atoms with E-state index in [0.29, 0.717) is 11.7 Å². The molecule has 0 radical (unpaired) electrons. The summed E-state index contributed by atoms with van der Waals surface area (Å²) in [5.41, 5.74) is 0.762. The third-order valence-corrected chi connectivity index (χ3v) is 4.39. The summed E-state index contributed by atoms with van der Waals surface area (Å²) in [7, 11) is 1.59. The van der Waals surface area contributed by atoms with E-state index in [1.165, 1.54) is 11.3 Å². The zero-order valence-electron chi connectivity index (χ0n) is 12.8. The molecule has 3 rings (SSSR count). The molecule has 1 saturated heterocycles. The van der Waals surface area contributed by atoms with Gasteiger partial charge >= 0.3 is 0 Å². The molecule has 2 heterocycles. The Morgan fingerprint density at radius 3 is 2.70 bits per heavy atom. The molecule has 2 aromatic rings. The molecule has 7 nitrogen and oxygen atoms in total. The third-order valence-electron chi connectivity index (χ3n) is 3.64. The number of methoxy groups -OCH3 is 1. The maximum absolute atomic E-state index is 12.3. The summed E-state index contributed by atoms with van der Waals surface area (Å²) >= 11 is 1.31. The van der Waals surface area contributed by atoms with Crippen LogP contribution in [0, 0.1) is 12.8 Å². The highest BCUT2D eigenvalue weighted by Crippen LogP contribution is 2.27. The maximum atomic E-state index is 12.3. The molecule has 1 aliphatic rings. The van der Waals surface area contributed by atoms with Crippen molar-refractivity contribution in [3.63, 3.8) is 0 Å². The number of hydrogen-bond donors (Lipinski definition) is 1. The van der Waals surface area contributed by atoms with Gasteiger partial charge in [0, 0.05) is 18.7 Å². The molecular formula is C15H16N4O3S. The molecule has 0 aliphatic carbocycles. The molecule has 0 spiro atoms. The first-order valence-electron chi connectivity index (χ1n) is 7.12. The molecule has 8 heteroatoms. The smallest absolute Gasteiger partial charge is 0.231 e. The summed E-state index contributed by atoms with van der Waals surface area (Å²) in [6.07, 6.45) is 0.190. The molecule has 1 atom stereocenters. The fourth-order valence-corrected chi connectivity index (χ4v) is 3.04. The van der Waals surface area contributed by atoms with E-state index >= 15 is 0 Å². The van der Waals surface area contributed by atoms with Gasteiger partial charge in [0.1, 0.15) is 10.8 Å². The molecule has 120 valence electrons. The molecule has 1 fully saturated rings. The Hall–Kier alpha value is -2.48. The number of benzene rings is 1. The van der Waals surface area contributed by atoms with E-state index in [9.17, 15) is 9.59 Å². The van der Waals surface area contributed by atoms with E-state index in [1.807, 2.05) is 19.1 Å². The van der Waals surface area contributed by atoms with Crippen molar-refractivity contribution in [3.05, 3.63) is 29.3 Å². The van der Waals surface area contributed by atoms with Crippen molar-refractivity contribution in [1.29, 1.82) is 0 Å². The van der Waals surface area contributed by atoms with Gasteiger partial charge < -0.3 is 15.0 Å². The Labute approximate surface area is 137 Å². The van der Waals surface area contributed by atoms with Gasteiger partial charge in [0.2, 0.25) is 16.9 Å². The predicted octanol–water partition coefficient (Wildman–Crippen LogP) is 1.85. The van der Waals surface area contributed by atoms with Crippen LogP contribution in [0.1, 0.15) is 11.4 Å². The van der Waals surface area contributed by atoms with Crippen LogP contribution < -0.4 is 15.0 Å². The summed E-state index contributed by atoms with van der Waals surface area (Å²) < 4.78 is 5.11. The van der Waals surface area contributed by atoms with Crippen molar-refractivity contribution in [2.24, 2.45) is 5.92 Å². The maximum Gasteiger partial charge on any atom is 0.231 e. The van der Waals surface area contributed by atoms with Crippen LogP contribution in [0.2, 0.25) is 0 Å². The number of anilines is 2. The summed E-state index contributed by atoms with van der Waals surface area (Å²) in [6, 6.07) is 7.20. The number of ether oxygens (including phenoxy) is 1. The van der Waals surface area contributed by atoms with Crippen LogP contribution in [-0.2, 0) is 9.59 Å². The Morgan fingerprint density at radius 1 is 1.35 bits per heavy atom. The Bertz CT molecular complexity index is 729. The van der Waals surface area contributed by atoms with Crippen molar-refractivity contribution >= 4 is 34.0 Å². The van der Waals surface area contributed by atoms with Gasteiger partial charge in [-0.15, -0.1) is 10.2 Å². The van der Waals surface area contributed by atoms with E-state index in [4.69, 9.17) is 4.74 Å². The van der Waals surface area contributed by atoms with Gasteiger partial charge in [-0.05, 0) is 31.2 Å². The minimum absolute atomic E-state index is 0.0660. The van der Waals surface area contributed by atoms with Gasteiger partial charge in [0.25, 0.3) is 0 Å². The van der Waals surface area contributed by atoms with Crippen LogP contribution in [0.4, 0.5) is 10.8 Å². The van der Waals surface area contributed by atoms with Crippen LogP contribution >= 0.6 is 11.3 Å². The summed E-state index contributed by atoms with van der Waals surface area (Å²) in [5.74, 6) is 0.0596. The number of hydrogen-bond acceptors (Lipinski definition) is 6. The van der Waals surface area contributed by atoms with Gasteiger partial charge in [-0.1, -0.05) is 11.3 Å². The SMILES string of the molecule is COc1ccc(N2C[C@@H](C(=O)Nc3nnc(C)s3)CC2=O)cc1. The summed E-state index contributed by atoms with van der Waals surface area (Å²) in [6.45, 7) is 2.17. The van der Waals surface area contributed by atoms with Gasteiger partial charge in [-0.3, -0.25) is 9.59 Å². The first-order chi connectivity index (χ1) is 11.1. The second-order valence-corrected chi connectivity index (χ2v) is 6.40. The van der Waals surface area contributed by atoms with Crippen molar-refractivity contribution in [2.45, 2.75) is 13.3 Å². The molecule has 1 aromatic heterocycles. The van der Waals surface area contributed by atoms with Gasteiger partial charge in [-0.2, -0.15) is 0 Å². The molecule has 1 aromatic carbocycles. The van der Waals surface area contributed by atoms with E-state index in [-0.39, 0.29) is 18.2 Å². The monoisotopic (exact) mass is 332 g/mol. The third kappa shape index (κ3) is 3.31. The number of nitrogens with zero attached hydrogens (tertiary/aromatic N) is 3.